The Morgan fingerprint density at radius 3 is 2.48 bits per heavy atom. The van der Waals surface area contributed by atoms with Crippen LogP contribution in [0.1, 0.15) is 36.3 Å². The van der Waals surface area contributed by atoms with Gasteiger partial charge in [-0.3, -0.25) is 24.1 Å². The van der Waals surface area contributed by atoms with Gasteiger partial charge < -0.3 is 0 Å². The van der Waals surface area contributed by atoms with Gasteiger partial charge in [0.15, 0.2) is 0 Å². The molecule has 0 atom stereocenters. The molecule has 0 amide bonds. The van der Waals surface area contributed by atoms with Crippen LogP contribution in [0, 0.1) is 0 Å². The third-order valence-electron chi connectivity index (χ3n) is 5.10. The van der Waals surface area contributed by atoms with Crippen LogP contribution >= 0.6 is 0 Å². The SMILES string of the molecule is O=c1cc(CN2CCCC2)nc2n1CCCN(Cc1ccncc1)C2. The summed E-state index contributed by atoms with van der Waals surface area (Å²) in [5.41, 5.74) is 2.27. The average molecular weight is 339 g/mol. The van der Waals surface area contributed by atoms with E-state index < -0.39 is 0 Å². The summed E-state index contributed by atoms with van der Waals surface area (Å²) in [5, 5.41) is 0. The number of hydrogen-bond donors (Lipinski definition) is 0. The van der Waals surface area contributed by atoms with E-state index in [0.29, 0.717) is 0 Å². The van der Waals surface area contributed by atoms with Gasteiger partial charge in [0.1, 0.15) is 5.82 Å². The lowest BCUT2D eigenvalue weighted by Gasteiger charge is -2.20. The fraction of sp³-hybridized carbons (Fsp3) is 0.526. The van der Waals surface area contributed by atoms with Gasteiger partial charge in [0.05, 0.1) is 12.2 Å². The maximum absolute atomic E-state index is 12.6. The molecule has 6 heteroatoms. The predicted octanol–water partition coefficient (Wildman–Crippen LogP) is 1.64. The van der Waals surface area contributed by atoms with Crippen molar-refractivity contribution in [2.24, 2.45) is 0 Å². The van der Waals surface area contributed by atoms with Crippen LogP contribution < -0.4 is 5.56 Å². The summed E-state index contributed by atoms with van der Waals surface area (Å²) >= 11 is 0. The standard InChI is InChI=1S/C19H25N5O/c25-19-12-17(14-22-8-1-2-9-22)21-18-15-23(10-3-11-24(18)19)13-16-4-6-20-7-5-16/h4-7,12H,1-3,8-11,13-15H2. The van der Waals surface area contributed by atoms with E-state index in [1.807, 2.05) is 17.0 Å². The van der Waals surface area contributed by atoms with Crippen molar-refractivity contribution in [3.63, 3.8) is 0 Å². The first-order valence-corrected chi connectivity index (χ1v) is 9.21. The van der Waals surface area contributed by atoms with Gasteiger partial charge in [-0.25, -0.2) is 4.98 Å². The number of nitrogens with zero attached hydrogens (tertiary/aromatic N) is 5. The highest BCUT2D eigenvalue weighted by atomic mass is 16.1. The van der Waals surface area contributed by atoms with Crippen molar-refractivity contribution >= 4 is 0 Å². The molecule has 0 spiro atoms. The Bertz CT molecular complexity index is 767. The van der Waals surface area contributed by atoms with E-state index in [2.05, 4.69) is 26.9 Å². The molecule has 0 bridgehead atoms. The molecule has 2 aromatic heterocycles. The Labute approximate surface area is 148 Å². The molecule has 0 aliphatic carbocycles. The summed E-state index contributed by atoms with van der Waals surface area (Å²) < 4.78 is 1.86. The number of fused-ring (bicyclic) bond motifs is 1. The minimum Gasteiger partial charge on any atom is -0.298 e. The fourth-order valence-corrected chi connectivity index (χ4v) is 3.83. The van der Waals surface area contributed by atoms with Crippen molar-refractivity contribution in [1.29, 1.82) is 0 Å². The summed E-state index contributed by atoms with van der Waals surface area (Å²) in [6.45, 7) is 6.38. The summed E-state index contributed by atoms with van der Waals surface area (Å²) in [6, 6.07) is 5.84. The molecule has 1 saturated heterocycles. The molecule has 1 fully saturated rings. The molecule has 4 heterocycles. The zero-order valence-corrected chi connectivity index (χ0v) is 14.6. The van der Waals surface area contributed by atoms with Crippen LogP contribution in [0.2, 0.25) is 0 Å². The van der Waals surface area contributed by atoms with Crippen molar-refractivity contribution in [1.82, 2.24) is 24.3 Å². The Hall–Kier alpha value is -2.05. The van der Waals surface area contributed by atoms with Gasteiger partial charge in [0.2, 0.25) is 0 Å². The monoisotopic (exact) mass is 339 g/mol. The average Bonchev–Trinajstić information content (AvgIpc) is 3.02. The molecule has 132 valence electrons. The first-order chi connectivity index (χ1) is 12.3. The van der Waals surface area contributed by atoms with E-state index >= 15 is 0 Å². The molecule has 6 nitrogen and oxygen atoms in total. The summed E-state index contributed by atoms with van der Waals surface area (Å²) in [7, 11) is 0. The minimum atomic E-state index is 0.102. The van der Waals surface area contributed by atoms with Crippen LogP contribution in [-0.2, 0) is 26.2 Å². The van der Waals surface area contributed by atoms with Crippen molar-refractivity contribution in [3.05, 3.63) is 58.0 Å². The van der Waals surface area contributed by atoms with E-state index in [9.17, 15) is 4.79 Å². The molecule has 0 radical (unpaired) electrons. The third kappa shape index (κ3) is 3.96. The van der Waals surface area contributed by atoms with E-state index in [4.69, 9.17) is 4.98 Å². The van der Waals surface area contributed by atoms with Gasteiger partial charge >= 0.3 is 0 Å². The maximum atomic E-state index is 12.6. The Morgan fingerprint density at radius 1 is 0.920 bits per heavy atom. The molecule has 2 aliphatic rings. The summed E-state index contributed by atoms with van der Waals surface area (Å²) in [4.78, 5) is 26.3. The number of likely N-dealkylation sites (tertiary alicyclic amines) is 1. The van der Waals surface area contributed by atoms with Gasteiger partial charge in [-0.05, 0) is 50.0 Å². The van der Waals surface area contributed by atoms with E-state index in [0.717, 1.165) is 63.8 Å². The van der Waals surface area contributed by atoms with Gasteiger partial charge in [-0.15, -0.1) is 0 Å². The third-order valence-corrected chi connectivity index (χ3v) is 5.10. The molecular weight excluding hydrogens is 314 g/mol. The van der Waals surface area contributed by atoms with Crippen LogP contribution in [-0.4, -0.2) is 44.0 Å². The molecule has 4 rings (SSSR count). The van der Waals surface area contributed by atoms with Crippen LogP contribution in [0.5, 0.6) is 0 Å². The fourth-order valence-electron chi connectivity index (χ4n) is 3.83. The van der Waals surface area contributed by atoms with Crippen LogP contribution in [0.25, 0.3) is 0 Å². The van der Waals surface area contributed by atoms with Gasteiger partial charge in [0, 0.05) is 44.6 Å². The summed E-state index contributed by atoms with van der Waals surface area (Å²) in [5.74, 6) is 0.910. The molecule has 25 heavy (non-hydrogen) atoms. The largest absolute Gasteiger partial charge is 0.298 e. The Morgan fingerprint density at radius 2 is 1.68 bits per heavy atom. The normalized spacial score (nSPS) is 18.9. The molecule has 2 aliphatic heterocycles. The van der Waals surface area contributed by atoms with Gasteiger partial charge in [-0.1, -0.05) is 0 Å². The van der Waals surface area contributed by atoms with Crippen molar-refractivity contribution in [2.75, 3.05) is 19.6 Å². The quantitative estimate of drug-likeness (QED) is 0.848. The van der Waals surface area contributed by atoms with Gasteiger partial charge in [-0.2, -0.15) is 0 Å². The predicted molar refractivity (Wildman–Crippen MR) is 96.0 cm³/mol. The summed E-state index contributed by atoms with van der Waals surface area (Å²) in [6.07, 6.45) is 7.15. The van der Waals surface area contributed by atoms with Crippen LogP contribution in [0.4, 0.5) is 0 Å². The lowest BCUT2D eigenvalue weighted by molar-refractivity contribution is 0.257. The molecule has 0 unspecified atom stereocenters. The zero-order valence-electron chi connectivity index (χ0n) is 14.6. The van der Waals surface area contributed by atoms with E-state index in [1.54, 1.807) is 6.07 Å². The first kappa shape index (κ1) is 16.4. The second-order valence-electron chi connectivity index (χ2n) is 7.06. The lowest BCUT2D eigenvalue weighted by atomic mass is 10.2. The lowest BCUT2D eigenvalue weighted by Crippen LogP contribution is -2.29. The molecule has 0 saturated carbocycles. The number of rotatable bonds is 4. The molecule has 0 N–H and O–H groups in total. The smallest absolute Gasteiger partial charge is 0.253 e. The highest BCUT2D eigenvalue weighted by Gasteiger charge is 2.19. The van der Waals surface area contributed by atoms with Crippen molar-refractivity contribution < 1.29 is 0 Å². The second kappa shape index (κ2) is 7.45. The highest BCUT2D eigenvalue weighted by molar-refractivity contribution is 5.11. The number of aromatic nitrogens is 3. The van der Waals surface area contributed by atoms with Gasteiger partial charge in [0.25, 0.3) is 5.56 Å². The number of pyridine rings is 1. The first-order valence-electron chi connectivity index (χ1n) is 9.21. The topological polar surface area (TPSA) is 54.3 Å². The van der Waals surface area contributed by atoms with Crippen molar-refractivity contribution in [2.45, 2.75) is 45.4 Å². The minimum absolute atomic E-state index is 0.102. The van der Waals surface area contributed by atoms with Crippen LogP contribution in [0.15, 0.2) is 35.4 Å². The Balaban J connectivity index is 1.54. The van der Waals surface area contributed by atoms with Crippen molar-refractivity contribution in [3.8, 4) is 0 Å². The molecule has 0 aromatic carbocycles. The Kier molecular flexibility index (Phi) is 4.90. The number of hydrogen-bond acceptors (Lipinski definition) is 5. The van der Waals surface area contributed by atoms with E-state index in [1.165, 1.54) is 18.4 Å². The van der Waals surface area contributed by atoms with E-state index in [-0.39, 0.29) is 5.56 Å². The molecular formula is C19H25N5O. The zero-order chi connectivity index (χ0) is 17.1. The molecule has 2 aromatic rings. The highest BCUT2D eigenvalue weighted by Crippen LogP contribution is 2.15. The second-order valence-corrected chi connectivity index (χ2v) is 7.06. The maximum Gasteiger partial charge on any atom is 0.253 e. The van der Waals surface area contributed by atoms with Crippen LogP contribution in [0.3, 0.4) is 0 Å².